The monoisotopic (exact) mass is 340 g/mol. The van der Waals surface area contributed by atoms with Crippen molar-refractivity contribution in [3.63, 3.8) is 0 Å². The van der Waals surface area contributed by atoms with Gasteiger partial charge in [0.25, 0.3) is 0 Å². The van der Waals surface area contributed by atoms with Crippen molar-refractivity contribution in [2.24, 2.45) is 11.8 Å². The molecule has 1 rings (SSSR count). The number of rotatable bonds is 8. The van der Waals surface area contributed by atoms with Crippen molar-refractivity contribution in [2.75, 3.05) is 18.8 Å². The fraction of sp³-hybridized carbons (Fsp3) is 0.647. The summed E-state index contributed by atoms with van der Waals surface area (Å²) in [5, 5.41) is 0. The fourth-order valence-electron chi connectivity index (χ4n) is 2.11. The number of hydrogen-bond acceptors (Lipinski definition) is 2. The van der Waals surface area contributed by atoms with Crippen molar-refractivity contribution >= 4 is 21.6 Å². The zero-order valence-electron chi connectivity index (χ0n) is 13.3. The minimum atomic E-state index is 0.751. The average molecular weight is 341 g/mol. The van der Waals surface area contributed by atoms with Crippen molar-refractivity contribution in [1.29, 1.82) is 0 Å². The van der Waals surface area contributed by atoms with Crippen LogP contribution in [0.1, 0.15) is 46.1 Å². The summed E-state index contributed by atoms with van der Waals surface area (Å²) in [6.45, 7) is 12.4. The van der Waals surface area contributed by atoms with E-state index in [1.807, 2.05) is 12.1 Å². The van der Waals surface area contributed by atoms with Crippen molar-refractivity contribution in [3.8, 4) is 0 Å². The van der Waals surface area contributed by atoms with Crippen LogP contribution in [-0.4, -0.2) is 18.0 Å². The number of halogens is 1. The topological polar surface area (TPSA) is 29.3 Å². The molecule has 2 N–H and O–H groups in total. The molecule has 0 saturated heterocycles. The van der Waals surface area contributed by atoms with Gasteiger partial charge < -0.3 is 5.73 Å². The van der Waals surface area contributed by atoms with Crippen molar-refractivity contribution < 1.29 is 0 Å². The largest absolute Gasteiger partial charge is 0.399 e. The molecule has 0 atom stereocenters. The first kappa shape index (κ1) is 17.5. The highest BCUT2D eigenvalue weighted by atomic mass is 79.9. The van der Waals surface area contributed by atoms with E-state index in [-0.39, 0.29) is 0 Å². The van der Waals surface area contributed by atoms with Crippen LogP contribution in [-0.2, 0) is 6.54 Å². The lowest BCUT2D eigenvalue weighted by Crippen LogP contribution is -2.27. The highest BCUT2D eigenvalue weighted by Crippen LogP contribution is 2.22. The van der Waals surface area contributed by atoms with Crippen molar-refractivity contribution in [2.45, 2.75) is 47.1 Å². The van der Waals surface area contributed by atoms with Gasteiger partial charge in [-0.3, -0.25) is 4.90 Å². The molecule has 0 bridgehead atoms. The van der Waals surface area contributed by atoms with Crippen molar-refractivity contribution in [3.05, 3.63) is 28.2 Å². The lowest BCUT2D eigenvalue weighted by Gasteiger charge is -2.25. The molecule has 0 aromatic heterocycles. The van der Waals surface area contributed by atoms with Gasteiger partial charge in [0.05, 0.1) is 0 Å². The van der Waals surface area contributed by atoms with Gasteiger partial charge in [-0.05, 0) is 61.5 Å². The third-order valence-corrected chi connectivity index (χ3v) is 4.28. The van der Waals surface area contributed by atoms with E-state index >= 15 is 0 Å². The van der Waals surface area contributed by atoms with Gasteiger partial charge in [0.2, 0.25) is 0 Å². The molecule has 0 spiro atoms. The van der Waals surface area contributed by atoms with E-state index in [2.05, 4.69) is 54.6 Å². The smallest absolute Gasteiger partial charge is 0.0318 e. The molecule has 0 amide bonds. The second-order valence-corrected chi connectivity index (χ2v) is 7.35. The standard InChI is InChI=1S/C17H29BrN2/c1-13(2)7-9-20(10-8-14(3)4)12-15-11-16(19)5-6-17(15)18/h5-6,11,13-14H,7-10,12,19H2,1-4H3. The first-order chi connectivity index (χ1) is 9.38. The third-order valence-electron chi connectivity index (χ3n) is 3.51. The molecule has 20 heavy (non-hydrogen) atoms. The van der Waals surface area contributed by atoms with Gasteiger partial charge >= 0.3 is 0 Å². The molecule has 0 aliphatic rings. The third kappa shape index (κ3) is 6.76. The molecule has 0 fully saturated rings. The van der Waals surface area contributed by atoms with Crippen LogP contribution in [0.2, 0.25) is 0 Å². The maximum Gasteiger partial charge on any atom is 0.0318 e. The average Bonchev–Trinajstić information content (AvgIpc) is 2.36. The molecule has 3 heteroatoms. The maximum absolute atomic E-state index is 5.91. The predicted molar refractivity (Wildman–Crippen MR) is 92.7 cm³/mol. The first-order valence-corrected chi connectivity index (χ1v) is 8.44. The lowest BCUT2D eigenvalue weighted by molar-refractivity contribution is 0.235. The summed E-state index contributed by atoms with van der Waals surface area (Å²) in [6.07, 6.45) is 2.50. The Balaban J connectivity index is 2.68. The number of anilines is 1. The van der Waals surface area contributed by atoms with E-state index in [0.29, 0.717) is 0 Å². The Morgan fingerprint density at radius 1 is 1.05 bits per heavy atom. The van der Waals surface area contributed by atoms with E-state index in [1.165, 1.54) is 18.4 Å². The second kappa shape index (κ2) is 8.68. The molecule has 2 nitrogen and oxygen atoms in total. The van der Waals surface area contributed by atoms with Gasteiger partial charge in [-0.15, -0.1) is 0 Å². The Bertz CT molecular complexity index is 390. The minimum Gasteiger partial charge on any atom is -0.399 e. The summed E-state index contributed by atoms with van der Waals surface area (Å²) in [4.78, 5) is 2.56. The van der Waals surface area contributed by atoms with E-state index in [9.17, 15) is 0 Å². The Morgan fingerprint density at radius 2 is 1.60 bits per heavy atom. The van der Waals surface area contributed by atoms with Gasteiger partial charge in [-0.2, -0.15) is 0 Å². The highest BCUT2D eigenvalue weighted by Gasteiger charge is 2.10. The molecule has 0 radical (unpaired) electrons. The summed E-state index contributed by atoms with van der Waals surface area (Å²) in [7, 11) is 0. The Kier molecular flexibility index (Phi) is 7.60. The number of nitrogens with two attached hydrogens (primary N) is 1. The van der Waals surface area contributed by atoms with Crippen LogP contribution >= 0.6 is 15.9 Å². The summed E-state index contributed by atoms with van der Waals surface area (Å²) in [5.74, 6) is 1.50. The zero-order chi connectivity index (χ0) is 15.1. The molecular weight excluding hydrogens is 312 g/mol. The van der Waals surface area contributed by atoms with Crippen LogP contribution in [0.25, 0.3) is 0 Å². The van der Waals surface area contributed by atoms with Crippen LogP contribution in [0.4, 0.5) is 5.69 Å². The Hall–Kier alpha value is -0.540. The van der Waals surface area contributed by atoms with Crippen LogP contribution in [0.15, 0.2) is 22.7 Å². The summed E-state index contributed by atoms with van der Waals surface area (Å²) < 4.78 is 1.16. The highest BCUT2D eigenvalue weighted by molar-refractivity contribution is 9.10. The molecule has 1 aromatic carbocycles. The molecule has 114 valence electrons. The molecule has 0 aliphatic carbocycles. The van der Waals surface area contributed by atoms with E-state index in [0.717, 1.165) is 41.6 Å². The van der Waals surface area contributed by atoms with E-state index < -0.39 is 0 Å². The van der Waals surface area contributed by atoms with Crippen LogP contribution in [0.5, 0.6) is 0 Å². The maximum atomic E-state index is 5.91. The second-order valence-electron chi connectivity index (χ2n) is 6.49. The number of benzene rings is 1. The van der Waals surface area contributed by atoms with Gasteiger partial charge in [0.1, 0.15) is 0 Å². The Labute approximate surface area is 132 Å². The number of nitrogens with zero attached hydrogens (tertiary/aromatic N) is 1. The quantitative estimate of drug-likeness (QED) is 0.680. The summed E-state index contributed by atoms with van der Waals surface area (Å²) in [6, 6.07) is 6.08. The first-order valence-electron chi connectivity index (χ1n) is 7.64. The number of nitrogen functional groups attached to an aromatic ring is 1. The molecule has 1 aromatic rings. The fourth-order valence-corrected chi connectivity index (χ4v) is 2.48. The van der Waals surface area contributed by atoms with Crippen LogP contribution in [0.3, 0.4) is 0 Å². The van der Waals surface area contributed by atoms with Gasteiger partial charge in [-0.1, -0.05) is 43.6 Å². The molecule has 0 aliphatic heterocycles. The van der Waals surface area contributed by atoms with E-state index in [1.54, 1.807) is 0 Å². The molecule has 0 saturated carbocycles. The van der Waals surface area contributed by atoms with Crippen LogP contribution < -0.4 is 5.73 Å². The summed E-state index contributed by atoms with van der Waals surface area (Å²) >= 11 is 3.64. The summed E-state index contributed by atoms with van der Waals surface area (Å²) in [5.41, 5.74) is 8.04. The zero-order valence-corrected chi connectivity index (χ0v) is 14.9. The van der Waals surface area contributed by atoms with Gasteiger partial charge in [0.15, 0.2) is 0 Å². The normalized spacial score (nSPS) is 11.8. The van der Waals surface area contributed by atoms with Gasteiger partial charge in [-0.25, -0.2) is 0 Å². The van der Waals surface area contributed by atoms with Gasteiger partial charge in [0, 0.05) is 16.7 Å². The number of hydrogen-bond donors (Lipinski definition) is 1. The van der Waals surface area contributed by atoms with Crippen LogP contribution in [0, 0.1) is 11.8 Å². The predicted octanol–water partition coefficient (Wildman–Crippen LogP) is 4.93. The molecule has 0 heterocycles. The SMILES string of the molecule is CC(C)CCN(CCC(C)C)Cc1cc(N)ccc1Br. The molecule has 0 unspecified atom stereocenters. The Morgan fingerprint density at radius 3 is 2.10 bits per heavy atom. The lowest BCUT2D eigenvalue weighted by atomic mass is 10.1. The molecular formula is C17H29BrN2. The van der Waals surface area contributed by atoms with E-state index in [4.69, 9.17) is 5.73 Å². The van der Waals surface area contributed by atoms with Crippen molar-refractivity contribution in [1.82, 2.24) is 4.90 Å². The minimum absolute atomic E-state index is 0.751.